The van der Waals surface area contributed by atoms with Crippen LogP contribution >= 0.6 is 0 Å². The van der Waals surface area contributed by atoms with Crippen molar-refractivity contribution >= 4 is 109 Å². The van der Waals surface area contributed by atoms with Crippen LogP contribution in [0.4, 0.5) is 13.2 Å². The summed E-state index contributed by atoms with van der Waals surface area (Å²) < 4.78 is 45.5. The van der Waals surface area contributed by atoms with Crippen molar-refractivity contribution in [2.75, 3.05) is 0 Å². The Morgan fingerprint density at radius 1 is 0.479 bits per heavy atom. The van der Waals surface area contributed by atoms with E-state index in [0.29, 0.717) is 5.69 Å². The van der Waals surface area contributed by atoms with Crippen molar-refractivity contribution in [1.29, 1.82) is 0 Å². The van der Waals surface area contributed by atoms with Gasteiger partial charge in [-0.1, -0.05) is 170 Å². The molecule has 4 heterocycles. The molecule has 20 rings (SSSR count). The van der Waals surface area contributed by atoms with E-state index in [-0.39, 0.29) is 25.8 Å². The second kappa shape index (κ2) is 21.8. The Morgan fingerprint density at radius 2 is 0.926 bits per heavy atom. The molecule has 7 nitrogen and oxygen atoms in total. The van der Waals surface area contributed by atoms with Crippen LogP contribution in [0.1, 0.15) is 74.7 Å². The number of allylic oxidation sites excluding steroid dienone is 6. The van der Waals surface area contributed by atoms with E-state index in [4.69, 9.17) is 0 Å². The number of halogens is 3. The molecule has 4 aromatic heterocycles. The van der Waals surface area contributed by atoms with Gasteiger partial charge in [0.05, 0.1) is 22.8 Å². The first-order chi connectivity index (χ1) is 45.4. The summed E-state index contributed by atoms with van der Waals surface area (Å²) in [6.07, 6.45) is 22.4. The molecule has 11 heteroatoms. The Balaban J connectivity index is 0.000000117. The normalized spacial score (nSPS) is 13.7. The first-order valence-electron chi connectivity index (χ1n) is 31.5. The van der Waals surface area contributed by atoms with Crippen molar-refractivity contribution in [3.05, 3.63) is 287 Å². The van der Waals surface area contributed by atoms with Crippen molar-refractivity contribution in [1.82, 2.24) is 24.3 Å². The fourth-order valence-corrected chi connectivity index (χ4v) is 15.2. The molecule has 0 bridgehead atoms. The number of alkyl halides is 3. The number of hydrogen-bond acceptors (Lipinski definition) is 2. The van der Waals surface area contributed by atoms with Gasteiger partial charge in [-0.15, -0.1) is 44.8 Å². The van der Waals surface area contributed by atoms with E-state index in [0.717, 1.165) is 54.5 Å². The van der Waals surface area contributed by atoms with Crippen molar-refractivity contribution in [3.63, 3.8) is 0 Å². The zero-order chi connectivity index (χ0) is 62.5. The third-order valence-electron chi connectivity index (χ3n) is 19.9. The number of hydrogen-bond donors (Lipinski definition) is 0. The van der Waals surface area contributed by atoms with E-state index >= 15 is 0 Å². The molecular formula is C83H55F3IrN7-3. The predicted octanol–water partition coefficient (Wildman–Crippen LogP) is 18.9. The van der Waals surface area contributed by atoms with Gasteiger partial charge in [0, 0.05) is 43.4 Å². The van der Waals surface area contributed by atoms with Crippen LogP contribution in [0.5, 0.6) is 0 Å². The van der Waals surface area contributed by atoms with Gasteiger partial charge >= 0.3 is 6.18 Å². The van der Waals surface area contributed by atoms with Crippen molar-refractivity contribution in [3.8, 4) is 34.1 Å². The molecule has 0 aliphatic heterocycles. The largest absolute Gasteiger partial charge is 0.573 e. The van der Waals surface area contributed by atoms with Gasteiger partial charge in [-0.05, 0) is 180 Å². The summed E-state index contributed by atoms with van der Waals surface area (Å²) in [5.41, 5.74) is 19.8. The van der Waals surface area contributed by atoms with E-state index in [1.807, 2.05) is 0 Å². The molecule has 1 radical (unpaired) electrons. The molecule has 4 aliphatic rings. The Hall–Kier alpha value is -10.6. The summed E-state index contributed by atoms with van der Waals surface area (Å²) in [6.45, 7) is 8.80. The van der Waals surface area contributed by atoms with Crippen LogP contribution in [0.2, 0.25) is 0 Å². The van der Waals surface area contributed by atoms with Crippen LogP contribution in [-0.2, 0) is 39.1 Å². The molecule has 0 N–H and O–H groups in total. The molecule has 0 spiro atoms. The van der Waals surface area contributed by atoms with Gasteiger partial charge in [-0.3, -0.25) is 14.1 Å². The zero-order valence-corrected chi connectivity index (χ0v) is 54.0. The van der Waals surface area contributed by atoms with Crippen LogP contribution in [0.3, 0.4) is 0 Å². The molecule has 0 atom stereocenters. The van der Waals surface area contributed by atoms with Crippen molar-refractivity contribution in [2.45, 2.75) is 59.6 Å². The van der Waals surface area contributed by atoms with Crippen molar-refractivity contribution < 1.29 is 42.4 Å². The second-order valence-corrected chi connectivity index (χ2v) is 24.9. The topological polar surface area (TPSA) is 57.5 Å². The number of nitrogens with zero attached hydrogens (tertiary/aromatic N) is 7. The monoisotopic (exact) mass is 1400 g/mol. The first kappa shape index (κ1) is 57.3. The second-order valence-electron chi connectivity index (χ2n) is 24.9. The Labute approximate surface area is 553 Å². The molecule has 94 heavy (non-hydrogen) atoms. The zero-order valence-electron chi connectivity index (χ0n) is 51.6. The van der Waals surface area contributed by atoms with Gasteiger partial charge < -0.3 is 19.3 Å². The molecule has 455 valence electrons. The molecule has 0 amide bonds. The number of benzene rings is 12. The fourth-order valence-electron chi connectivity index (χ4n) is 15.2. The van der Waals surface area contributed by atoms with Crippen LogP contribution in [-0.4, -0.2) is 19.2 Å². The van der Waals surface area contributed by atoms with Crippen LogP contribution in [0, 0.1) is 52.5 Å². The Morgan fingerprint density at radius 3 is 1.37 bits per heavy atom. The maximum Gasteiger partial charge on any atom is 0.431 e. The minimum Gasteiger partial charge on any atom is -0.573 e. The number of imidazole rings is 2. The maximum absolute atomic E-state index is 12.2. The molecule has 0 unspecified atom stereocenters. The minimum atomic E-state index is -4.46. The smallest absolute Gasteiger partial charge is 0.431 e. The molecule has 16 aromatic rings. The average molecular weight is 1400 g/mol. The molecule has 0 saturated carbocycles. The van der Waals surface area contributed by atoms with E-state index in [2.05, 4.69) is 268 Å². The number of aromatic nitrogens is 7. The summed E-state index contributed by atoms with van der Waals surface area (Å²) >= 11 is 0. The van der Waals surface area contributed by atoms with E-state index in [1.165, 1.54) is 160 Å². The SMILES string of the molecule is Cc1c(C)[n+](-c2ccc3ccc4cccc5ccc2c3c45)[c-]n1-c1[c-]cc2c3c4c(ccc13)C=CCC4=CC2.Cc1c(C)[n+](-c2ccc3ccc4cccc5ccc2c3c45)[c-]n1-c1[c-]cc2c3c4c(ccc13)C=CCC4=CC2.FC(F)(F)c1cc(-c2ccccn2)[n-]n1.[Ir]. The summed E-state index contributed by atoms with van der Waals surface area (Å²) in [5, 5.41) is 27.3. The maximum atomic E-state index is 12.2. The third kappa shape index (κ3) is 8.81. The van der Waals surface area contributed by atoms with Gasteiger partial charge in [0.2, 0.25) is 0 Å². The predicted molar refractivity (Wildman–Crippen MR) is 368 cm³/mol. The van der Waals surface area contributed by atoms with Gasteiger partial charge in [0.15, 0.2) is 0 Å². The minimum absolute atomic E-state index is 0. The molecular weight excluding hydrogens is 1340 g/mol. The molecule has 0 fully saturated rings. The van der Waals surface area contributed by atoms with Crippen LogP contribution < -0.4 is 14.2 Å². The first-order valence-corrected chi connectivity index (χ1v) is 31.5. The number of rotatable bonds is 5. The van der Waals surface area contributed by atoms with Gasteiger partial charge in [-0.2, -0.15) is 37.4 Å². The van der Waals surface area contributed by atoms with Crippen LogP contribution in [0.15, 0.2) is 200 Å². The summed E-state index contributed by atoms with van der Waals surface area (Å²) in [6, 6.07) is 66.8. The Kier molecular flexibility index (Phi) is 13.3. The third-order valence-corrected chi connectivity index (χ3v) is 19.9. The summed E-state index contributed by atoms with van der Waals surface area (Å²) in [5.74, 6) is 0. The average Bonchev–Trinajstić information content (AvgIpc) is 1.20. The molecule has 4 aliphatic carbocycles. The van der Waals surface area contributed by atoms with E-state index in [1.54, 1.807) is 18.2 Å². The quantitative estimate of drug-likeness (QED) is 0.0980. The van der Waals surface area contributed by atoms with E-state index < -0.39 is 11.9 Å². The number of pyridine rings is 1. The Bertz CT molecular complexity index is 5620. The standard InChI is InChI=1S/2C37H25N2.C9H5F3N3.Ir/c2*1-22-23(2)39(33-20-16-29-12-10-25-6-4-8-27-14-18-31(33)37(29)35(25)27)21-38(22)32-19-15-28-11-9-24-5-3-7-26-13-17-30(32)36(28)34(24)26;10-9(11,12)8-5-7(14-15-8)6-3-1-2-4-13-6;/h2*3-5,7-11,13-19H,6,12H2,1-2H3;1-5H;/q3*-1;. The molecule has 0 saturated heterocycles. The van der Waals surface area contributed by atoms with Crippen LogP contribution in [0.25, 0.3) is 144 Å². The summed E-state index contributed by atoms with van der Waals surface area (Å²) in [7, 11) is 0. The van der Waals surface area contributed by atoms with Gasteiger partial charge in [0.25, 0.3) is 12.7 Å². The van der Waals surface area contributed by atoms with E-state index in [9.17, 15) is 13.2 Å². The summed E-state index contributed by atoms with van der Waals surface area (Å²) in [4.78, 5) is 3.87. The van der Waals surface area contributed by atoms with Crippen molar-refractivity contribution in [2.24, 2.45) is 0 Å². The van der Waals surface area contributed by atoms with Gasteiger partial charge in [0.1, 0.15) is 5.69 Å². The van der Waals surface area contributed by atoms with Gasteiger partial charge in [-0.25, -0.2) is 0 Å². The fraction of sp³-hybridized carbons (Fsp3) is 0.108. The molecule has 12 aromatic carbocycles.